The first-order valence-corrected chi connectivity index (χ1v) is 6.74. The van der Waals surface area contributed by atoms with Gasteiger partial charge in [-0.3, -0.25) is 4.79 Å². The minimum atomic E-state index is 0.0395. The fourth-order valence-corrected chi connectivity index (χ4v) is 2.54. The Balaban J connectivity index is 2.08. The number of carbonyl (C=O) groups excluding carboxylic acids is 1. The van der Waals surface area contributed by atoms with Gasteiger partial charge in [0.25, 0.3) is 5.91 Å². The van der Waals surface area contributed by atoms with Crippen LogP contribution in [0.5, 0.6) is 5.75 Å². The molecule has 0 saturated carbocycles. The lowest BCUT2D eigenvalue weighted by atomic mass is 10.0. The van der Waals surface area contributed by atoms with Crippen LogP contribution in [0, 0.1) is 6.92 Å². The molecule has 104 valence electrons. The summed E-state index contributed by atoms with van der Waals surface area (Å²) >= 11 is 0. The van der Waals surface area contributed by atoms with Crippen molar-refractivity contribution >= 4 is 5.91 Å². The van der Waals surface area contributed by atoms with Crippen molar-refractivity contribution in [2.75, 3.05) is 27.2 Å². The number of amides is 1. The van der Waals surface area contributed by atoms with E-state index >= 15 is 0 Å². The SMILES string of the molecule is Cc1cc(C(=O)N(C)C2CCN(C)CC2)ccc1O. The average Bonchev–Trinajstić information content (AvgIpc) is 2.41. The molecule has 0 atom stereocenters. The van der Waals surface area contributed by atoms with Crippen LogP contribution in [-0.4, -0.2) is 54.0 Å². The summed E-state index contributed by atoms with van der Waals surface area (Å²) in [7, 11) is 3.99. The highest BCUT2D eigenvalue weighted by molar-refractivity contribution is 5.94. The number of phenols is 1. The fourth-order valence-electron chi connectivity index (χ4n) is 2.54. The predicted octanol–water partition coefficient (Wildman–Crippen LogP) is 1.87. The van der Waals surface area contributed by atoms with Crippen molar-refractivity contribution in [3.63, 3.8) is 0 Å². The van der Waals surface area contributed by atoms with Gasteiger partial charge in [0.05, 0.1) is 0 Å². The zero-order valence-electron chi connectivity index (χ0n) is 11.9. The lowest BCUT2D eigenvalue weighted by molar-refractivity contribution is 0.0659. The van der Waals surface area contributed by atoms with Gasteiger partial charge in [0.15, 0.2) is 0 Å². The Labute approximate surface area is 114 Å². The number of benzene rings is 1. The quantitative estimate of drug-likeness (QED) is 0.885. The van der Waals surface area contributed by atoms with E-state index in [9.17, 15) is 9.90 Å². The molecule has 0 aromatic heterocycles. The Morgan fingerprint density at radius 1 is 1.37 bits per heavy atom. The van der Waals surface area contributed by atoms with E-state index in [-0.39, 0.29) is 11.7 Å². The van der Waals surface area contributed by atoms with Gasteiger partial charge in [0, 0.05) is 18.7 Å². The summed E-state index contributed by atoms with van der Waals surface area (Å²) in [4.78, 5) is 16.6. The molecule has 4 heteroatoms. The summed E-state index contributed by atoms with van der Waals surface area (Å²) in [5.41, 5.74) is 1.39. The van der Waals surface area contributed by atoms with Gasteiger partial charge in [-0.1, -0.05) is 0 Å². The van der Waals surface area contributed by atoms with E-state index in [1.165, 1.54) is 0 Å². The van der Waals surface area contributed by atoms with Gasteiger partial charge in [-0.2, -0.15) is 0 Å². The number of likely N-dealkylation sites (tertiary alicyclic amines) is 1. The Bertz CT molecular complexity index is 465. The monoisotopic (exact) mass is 262 g/mol. The van der Waals surface area contributed by atoms with Crippen molar-refractivity contribution < 1.29 is 9.90 Å². The molecular weight excluding hydrogens is 240 g/mol. The summed E-state index contributed by atoms with van der Waals surface area (Å²) in [5, 5.41) is 9.51. The Morgan fingerprint density at radius 3 is 2.58 bits per heavy atom. The Kier molecular flexibility index (Phi) is 4.10. The molecule has 19 heavy (non-hydrogen) atoms. The number of rotatable bonds is 2. The van der Waals surface area contributed by atoms with Crippen molar-refractivity contribution in [3.8, 4) is 5.75 Å². The lowest BCUT2D eigenvalue weighted by Gasteiger charge is -2.35. The third-order valence-corrected chi connectivity index (χ3v) is 4.00. The molecule has 1 aliphatic heterocycles. The average molecular weight is 262 g/mol. The summed E-state index contributed by atoms with van der Waals surface area (Å²) in [6, 6.07) is 5.35. The number of phenolic OH excluding ortho intramolecular Hbond substituents is 1. The van der Waals surface area contributed by atoms with E-state index in [4.69, 9.17) is 0 Å². The molecule has 1 N–H and O–H groups in total. The van der Waals surface area contributed by atoms with Crippen LogP contribution in [-0.2, 0) is 0 Å². The second-order valence-corrected chi connectivity index (χ2v) is 5.45. The number of nitrogens with zero attached hydrogens (tertiary/aromatic N) is 2. The van der Waals surface area contributed by atoms with E-state index in [1.54, 1.807) is 18.2 Å². The molecular formula is C15H22N2O2. The normalized spacial score (nSPS) is 17.4. The molecule has 1 fully saturated rings. The van der Waals surface area contributed by atoms with Crippen LogP contribution in [0.2, 0.25) is 0 Å². The molecule has 4 nitrogen and oxygen atoms in total. The van der Waals surface area contributed by atoms with Crippen LogP contribution in [0.4, 0.5) is 0 Å². The maximum absolute atomic E-state index is 12.4. The minimum Gasteiger partial charge on any atom is -0.508 e. The third-order valence-electron chi connectivity index (χ3n) is 4.00. The van der Waals surface area contributed by atoms with Crippen LogP contribution >= 0.6 is 0 Å². The van der Waals surface area contributed by atoms with Crippen LogP contribution in [0.1, 0.15) is 28.8 Å². The lowest BCUT2D eigenvalue weighted by Crippen LogP contribution is -2.44. The molecule has 0 spiro atoms. The maximum atomic E-state index is 12.4. The highest BCUT2D eigenvalue weighted by Gasteiger charge is 2.24. The fraction of sp³-hybridized carbons (Fsp3) is 0.533. The van der Waals surface area contributed by atoms with Crippen LogP contribution in [0.3, 0.4) is 0 Å². The van der Waals surface area contributed by atoms with Crippen molar-refractivity contribution in [1.29, 1.82) is 0 Å². The minimum absolute atomic E-state index is 0.0395. The molecule has 1 saturated heterocycles. The van der Waals surface area contributed by atoms with Crippen molar-refractivity contribution in [3.05, 3.63) is 29.3 Å². The number of hydrogen-bond acceptors (Lipinski definition) is 3. The first-order chi connectivity index (χ1) is 8.99. The highest BCUT2D eigenvalue weighted by atomic mass is 16.3. The van der Waals surface area contributed by atoms with E-state index in [2.05, 4.69) is 11.9 Å². The summed E-state index contributed by atoms with van der Waals surface area (Å²) in [6.07, 6.45) is 2.05. The zero-order chi connectivity index (χ0) is 14.0. The smallest absolute Gasteiger partial charge is 0.253 e. The second kappa shape index (κ2) is 5.61. The third kappa shape index (κ3) is 3.07. The van der Waals surface area contributed by atoms with Gasteiger partial charge in [0.2, 0.25) is 0 Å². The summed E-state index contributed by atoms with van der Waals surface area (Å²) in [6.45, 7) is 3.88. The van der Waals surface area contributed by atoms with E-state index < -0.39 is 0 Å². The van der Waals surface area contributed by atoms with Gasteiger partial charge in [-0.25, -0.2) is 0 Å². The van der Waals surface area contributed by atoms with Crippen LogP contribution < -0.4 is 0 Å². The van der Waals surface area contributed by atoms with E-state index in [1.807, 2.05) is 18.9 Å². The van der Waals surface area contributed by atoms with Crippen LogP contribution in [0.25, 0.3) is 0 Å². The van der Waals surface area contributed by atoms with Crippen molar-refractivity contribution in [2.24, 2.45) is 0 Å². The molecule has 1 heterocycles. The molecule has 0 aliphatic carbocycles. The van der Waals surface area contributed by atoms with Gasteiger partial charge >= 0.3 is 0 Å². The van der Waals surface area contributed by atoms with Gasteiger partial charge in [0.1, 0.15) is 5.75 Å². The summed E-state index contributed by atoms with van der Waals surface area (Å²) < 4.78 is 0. The summed E-state index contributed by atoms with van der Waals surface area (Å²) in [5.74, 6) is 0.274. The molecule has 2 rings (SSSR count). The van der Waals surface area contributed by atoms with Gasteiger partial charge < -0.3 is 14.9 Å². The molecule has 0 bridgehead atoms. The number of carbonyl (C=O) groups is 1. The van der Waals surface area contributed by atoms with Gasteiger partial charge in [-0.05, 0) is 63.7 Å². The van der Waals surface area contributed by atoms with E-state index in [0.29, 0.717) is 11.6 Å². The topological polar surface area (TPSA) is 43.8 Å². The number of aryl methyl sites for hydroxylation is 1. The molecule has 1 amide bonds. The largest absolute Gasteiger partial charge is 0.508 e. The molecule has 0 radical (unpaired) electrons. The maximum Gasteiger partial charge on any atom is 0.253 e. The number of piperidine rings is 1. The van der Waals surface area contributed by atoms with Crippen LogP contribution in [0.15, 0.2) is 18.2 Å². The standard InChI is InChI=1S/C15H22N2O2/c1-11-10-12(4-5-14(11)18)15(19)17(3)13-6-8-16(2)9-7-13/h4-5,10,13,18H,6-9H2,1-3H3. The molecule has 1 aliphatic rings. The highest BCUT2D eigenvalue weighted by Crippen LogP contribution is 2.20. The zero-order valence-corrected chi connectivity index (χ0v) is 11.9. The Morgan fingerprint density at radius 2 is 2.00 bits per heavy atom. The predicted molar refractivity (Wildman–Crippen MR) is 75.5 cm³/mol. The number of aromatic hydroxyl groups is 1. The Hall–Kier alpha value is -1.55. The van der Waals surface area contributed by atoms with E-state index in [0.717, 1.165) is 31.5 Å². The number of hydrogen-bond donors (Lipinski definition) is 1. The first kappa shape index (κ1) is 13.9. The molecule has 1 aromatic rings. The van der Waals surface area contributed by atoms with Gasteiger partial charge in [-0.15, -0.1) is 0 Å². The molecule has 1 aromatic carbocycles. The second-order valence-electron chi connectivity index (χ2n) is 5.45. The van der Waals surface area contributed by atoms with Crippen molar-refractivity contribution in [2.45, 2.75) is 25.8 Å². The molecule has 0 unspecified atom stereocenters. The first-order valence-electron chi connectivity index (χ1n) is 6.74. The van der Waals surface area contributed by atoms with Crippen molar-refractivity contribution in [1.82, 2.24) is 9.80 Å².